The maximum Gasteiger partial charge on any atom is 0.330 e. The van der Waals surface area contributed by atoms with Crippen molar-refractivity contribution in [3.8, 4) is 0 Å². The third kappa shape index (κ3) is 8.56. The number of rotatable bonds is 10. The van der Waals surface area contributed by atoms with E-state index >= 15 is 0 Å². The summed E-state index contributed by atoms with van der Waals surface area (Å²) in [7, 11) is 0. The van der Waals surface area contributed by atoms with E-state index in [1.807, 2.05) is 6.92 Å². The first-order valence-electron chi connectivity index (χ1n) is 6.26. The third-order valence-electron chi connectivity index (χ3n) is 2.39. The second-order valence-corrected chi connectivity index (χ2v) is 3.92. The lowest BCUT2D eigenvalue weighted by molar-refractivity contribution is -0.143. The number of esters is 2. The SMILES string of the molecule is C=CC(=O)OCCCCC(CCC)OC(=O)C=C. The van der Waals surface area contributed by atoms with Gasteiger partial charge in [0.15, 0.2) is 0 Å². The van der Waals surface area contributed by atoms with Gasteiger partial charge in [0.25, 0.3) is 0 Å². The zero-order valence-electron chi connectivity index (χ0n) is 11.0. The standard InChI is InChI=1S/C14H22O4/c1-4-9-12(18-14(16)6-3)10-7-8-11-17-13(15)5-2/h5-6,12H,2-4,7-11H2,1H3. The zero-order chi connectivity index (χ0) is 13.8. The van der Waals surface area contributed by atoms with E-state index in [4.69, 9.17) is 9.47 Å². The van der Waals surface area contributed by atoms with Crippen LogP contribution in [0.5, 0.6) is 0 Å². The molecule has 4 nitrogen and oxygen atoms in total. The van der Waals surface area contributed by atoms with Crippen LogP contribution in [0.25, 0.3) is 0 Å². The normalized spacial score (nSPS) is 11.4. The van der Waals surface area contributed by atoms with Crippen LogP contribution in [-0.4, -0.2) is 24.6 Å². The minimum Gasteiger partial charge on any atom is -0.463 e. The molecule has 1 unspecified atom stereocenters. The third-order valence-corrected chi connectivity index (χ3v) is 2.39. The number of hydrogen-bond acceptors (Lipinski definition) is 4. The van der Waals surface area contributed by atoms with Gasteiger partial charge in [-0.1, -0.05) is 26.5 Å². The predicted octanol–water partition coefficient (Wildman–Crippen LogP) is 2.78. The Morgan fingerprint density at radius 3 is 2.33 bits per heavy atom. The molecule has 1 atom stereocenters. The average molecular weight is 254 g/mol. The summed E-state index contributed by atoms with van der Waals surface area (Å²) in [5.74, 6) is -0.787. The molecule has 0 spiro atoms. The Kier molecular flexibility index (Phi) is 9.64. The first-order valence-corrected chi connectivity index (χ1v) is 6.26. The lowest BCUT2D eigenvalue weighted by atomic mass is 10.1. The molecule has 0 amide bonds. The molecule has 4 heteroatoms. The van der Waals surface area contributed by atoms with Gasteiger partial charge in [0.2, 0.25) is 0 Å². The summed E-state index contributed by atoms with van der Waals surface area (Å²) in [6, 6.07) is 0. The Balaban J connectivity index is 3.75. The lowest BCUT2D eigenvalue weighted by Gasteiger charge is -2.16. The fourth-order valence-corrected chi connectivity index (χ4v) is 1.50. The Bertz CT molecular complexity index is 284. The second kappa shape index (κ2) is 10.6. The molecule has 0 fully saturated rings. The second-order valence-electron chi connectivity index (χ2n) is 3.92. The highest BCUT2D eigenvalue weighted by atomic mass is 16.5. The van der Waals surface area contributed by atoms with Crippen molar-refractivity contribution in [1.29, 1.82) is 0 Å². The van der Waals surface area contributed by atoms with Crippen molar-refractivity contribution in [2.24, 2.45) is 0 Å². The number of unbranched alkanes of at least 4 members (excludes halogenated alkanes) is 1. The predicted molar refractivity (Wildman–Crippen MR) is 70.0 cm³/mol. The van der Waals surface area contributed by atoms with Gasteiger partial charge in [-0.2, -0.15) is 0 Å². The van der Waals surface area contributed by atoms with Crippen LogP contribution in [0.4, 0.5) is 0 Å². The van der Waals surface area contributed by atoms with Gasteiger partial charge in [0.05, 0.1) is 6.61 Å². The molecule has 0 aromatic heterocycles. The quantitative estimate of drug-likeness (QED) is 0.342. The molecule has 0 saturated carbocycles. The summed E-state index contributed by atoms with van der Waals surface area (Å²) in [6.45, 7) is 9.10. The number of carbonyl (C=O) groups is 2. The minimum absolute atomic E-state index is 0.0735. The highest BCUT2D eigenvalue weighted by molar-refractivity contribution is 5.81. The van der Waals surface area contributed by atoms with Crippen molar-refractivity contribution >= 4 is 11.9 Å². The molecule has 0 radical (unpaired) electrons. The maximum absolute atomic E-state index is 11.1. The summed E-state index contributed by atoms with van der Waals surface area (Å²) in [4.78, 5) is 21.9. The van der Waals surface area contributed by atoms with Crippen LogP contribution >= 0.6 is 0 Å². The molecule has 0 heterocycles. The van der Waals surface area contributed by atoms with Gasteiger partial charge in [0.1, 0.15) is 6.10 Å². The molecule has 0 aliphatic rings. The average Bonchev–Trinajstić information content (AvgIpc) is 2.37. The molecule has 0 saturated heterocycles. The van der Waals surface area contributed by atoms with Crippen molar-refractivity contribution in [3.63, 3.8) is 0 Å². The molecule has 0 bridgehead atoms. The van der Waals surface area contributed by atoms with Crippen molar-refractivity contribution < 1.29 is 19.1 Å². The molecule has 0 N–H and O–H groups in total. The van der Waals surface area contributed by atoms with Gasteiger partial charge in [-0.25, -0.2) is 9.59 Å². The van der Waals surface area contributed by atoms with Crippen LogP contribution in [0.15, 0.2) is 25.3 Å². The lowest BCUT2D eigenvalue weighted by Crippen LogP contribution is -2.16. The summed E-state index contributed by atoms with van der Waals surface area (Å²) in [5.41, 5.74) is 0. The fourth-order valence-electron chi connectivity index (χ4n) is 1.50. The smallest absolute Gasteiger partial charge is 0.330 e. The Morgan fingerprint density at radius 1 is 1.11 bits per heavy atom. The molecule has 18 heavy (non-hydrogen) atoms. The summed E-state index contributed by atoms with van der Waals surface area (Å²) in [6.07, 6.45) is 6.42. The first-order chi connectivity index (χ1) is 8.63. The Labute approximate surface area is 109 Å². The minimum atomic E-state index is -0.404. The van der Waals surface area contributed by atoms with Gasteiger partial charge in [-0.3, -0.25) is 0 Å². The van der Waals surface area contributed by atoms with Gasteiger partial charge < -0.3 is 9.47 Å². The van der Waals surface area contributed by atoms with E-state index < -0.39 is 5.97 Å². The van der Waals surface area contributed by atoms with Crippen LogP contribution in [-0.2, 0) is 19.1 Å². The van der Waals surface area contributed by atoms with Crippen LogP contribution in [0.1, 0.15) is 39.0 Å². The van der Waals surface area contributed by atoms with Crippen LogP contribution in [0.3, 0.4) is 0 Å². The number of ether oxygens (including phenoxy) is 2. The van der Waals surface area contributed by atoms with E-state index in [1.54, 1.807) is 0 Å². The van der Waals surface area contributed by atoms with Crippen molar-refractivity contribution in [2.45, 2.75) is 45.1 Å². The van der Waals surface area contributed by atoms with Crippen molar-refractivity contribution in [1.82, 2.24) is 0 Å². The van der Waals surface area contributed by atoms with E-state index in [1.165, 1.54) is 6.08 Å². The molecular weight excluding hydrogens is 232 g/mol. The summed E-state index contributed by atoms with van der Waals surface area (Å²) in [5, 5.41) is 0. The van der Waals surface area contributed by atoms with Crippen LogP contribution in [0, 0.1) is 0 Å². The van der Waals surface area contributed by atoms with Gasteiger partial charge in [-0.05, 0) is 25.7 Å². The van der Waals surface area contributed by atoms with Gasteiger partial charge in [0, 0.05) is 12.2 Å². The highest BCUT2D eigenvalue weighted by Crippen LogP contribution is 2.11. The van der Waals surface area contributed by atoms with Crippen LogP contribution < -0.4 is 0 Å². The molecule has 0 aromatic rings. The van der Waals surface area contributed by atoms with Crippen LogP contribution in [0.2, 0.25) is 0 Å². The van der Waals surface area contributed by atoms with Crippen molar-refractivity contribution in [2.75, 3.05) is 6.61 Å². The zero-order valence-corrected chi connectivity index (χ0v) is 11.0. The highest BCUT2D eigenvalue weighted by Gasteiger charge is 2.11. The van der Waals surface area contributed by atoms with E-state index in [9.17, 15) is 9.59 Å². The Morgan fingerprint density at radius 2 is 1.78 bits per heavy atom. The summed E-state index contributed by atoms with van der Waals surface area (Å²) >= 11 is 0. The number of hydrogen-bond donors (Lipinski definition) is 0. The van der Waals surface area contributed by atoms with Gasteiger partial charge in [-0.15, -0.1) is 0 Å². The molecular formula is C14H22O4. The maximum atomic E-state index is 11.1. The van der Waals surface area contributed by atoms with Crippen molar-refractivity contribution in [3.05, 3.63) is 25.3 Å². The van der Waals surface area contributed by atoms with E-state index in [0.717, 1.165) is 38.2 Å². The van der Waals surface area contributed by atoms with Gasteiger partial charge >= 0.3 is 11.9 Å². The molecule has 102 valence electrons. The first kappa shape index (κ1) is 16.4. The monoisotopic (exact) mass is 254 g/mol. The largest absolute Gasteiger partial charge is 0.463 e. The number of carbonyl (C=O) groups excluding carboxylic acids is 2. The van der Waals surface area contributed by atoms with E-state index in [-0.39, 0.29) is 12.1 Å². The topological polar surface area (TPSA) is 52.6 Å². The fraction of sp³-hybridized carbons (Fsp3) is 0.571. The molecule has 0 rings (SSSR count). The van der Waals surface area contributed by atoms with E-state index in [0.29, 0.717) is 6.61 Å². The Hall–Kier alpha value is -1.58. The van der Waals surface area contributed by atoms with E-state index in [2.05, 4.69) is 13.2 Å². The molecule has 0 aromatic carbocycles. The molecule has 0 aliphatic heterocycles. The summed E-state index contributed by atoms with van der Waals surface area (Å²) < 4.78 is 10.1. The molecule has 0 aliphatic carbocycles.